The second-order valence-corrected chi connectivity index (χ2v) is 8.50. The summed E-state index contributed by atoms with van der Waals surface area (Å²) >= 11 is 5.29. The van der Waals surface area contributed by atoms with Gasteiger partial charge in [-0.2, -0.15) is 4.80 Å². The highest BCUT2D eigenvalue weighted by Crippen LogP contribution is 2.31. The van der Waals surface area contributed by atoms with Crippen molar-refractivity contribution in [3.63, 3.8) is 0 Å². The fourth-order valence-corrected chi connectivity index (χ4v) is 4.25. The molecule has 0 spiro atoms. The lowest BCUT2D eigenvalue weighted by atomic mass is 10.1. The van der Waals surface area contributed by atoms with E-state index in [2.05, 4.69) is 20.8 Å². The molecule has 0 saturated carbocycles. The molecular weight excluding hydrogens is 466 g/mol. The van der Waals surface area contributed by atoms with E-state index < -0.39 is 10.8 Å². The molecule has 1 aliphatic rings. The predicted octanol–water partition coefficient (Wildman–Crippen LogP) is 4.06. The zero-order valence-corrected chi connectivity index (χ0v) is 19.4. The van der Waals surface area contributed by atoms with Crippen LogP contribution in [0.5, 0.6) is 0 Å². The zero-order valence-electron chi connectivity index (χ0n) is 18.5. The Hall–Kier alpha value is -4.38. The molecule has 0 atom stereocenters. The Balaban J connectivity index is 1.28. The molecule has 5 rings (SSSR count). The Morgan fingerprint density at radius 2 is 1.71 bits per heavy atom. The van der Waals surface area contributed by atoms with Crippen molar-refractivity contribution >= 4 is 51.3 Å². The number of amides is 1. The number of hydrogen-bond acceptors (Lipinski definition) is 7. The maximum atomic E-state index is 12.7. The summed E-state index contributed by atoms with van der Waals surface area (Å²) in [6, 6.07) is 19.4. The van der Waals surface area contributed by atoms with Crippen LogP contribution in [-0.4, -0.2) is 44.0 Å². The Kier molecular flexibility index (Phi) is 6.06. The third-order valence-corrected chi connectivity index (χ3v) is 5.94. The first-order chi connectivity index (χ1) is 17.0. The highest BCUT2D eigenvalue weighted by molar-refractivity contribution is 7.80. The van der Waals surface area contributed by atoms with Crippen LogP contribution in [0.25, 0.3) is 16.7 Å². The standard InChI is InChI=1S/C24H21N7O3S/c32-23(16-8-11-21(22(14-16)31(33)34)29-12-4-5-13-29)26-24(35)25-17-9-10-19-20(15-17)28-30(27-19)18-6-2-1-3-7-18/h1-3,6-11,14-15H,4-5,12-13H2,(H2,25,26,32,35). The number of rotatable bonds is 5. The highest BCUT2D eigenvalue weighted by Gasteiger charge is 2.24. The van der Waals surface area contributed by atoms with E-state index in [4.69, 9.17) is 12.2 Å². The molecule has 0 unspecified atom stereocenters. The number of hydrogen-bond donors (Lipinski definition) is 2. The molecular formula is C24H21N7O3S. The zero-order chi connectivity index (χ0) is 24.4. The van der Waals surface area contributed by atoms with Gasteiger partial charge in [-0.1, -0.05) is 18.2 Å². The van der Waals surface area contributed by atoms with E-state index in [1.54, 1.807) is 35.1 Å². The van der Waals surface area contributed by atoms with Gasteiger partial charge in [0.1, 0.15) is 16.7 Å². The van der Waals surface area contributed by atoms with Crippen molar-refractivity contribution in [2.45, 2.75) is 12.8 Å². The summed E-state index contributed by atoms with van der Waals surface area (Å²) in [6.45, 7) is 1.54. The Morgan fingerprint density at radius 1 is 0.971 bits per heavy atom. The van der Waals surface area contributed by atoms with Crippen LogP contribution in [0.4, 0.5) is 17.1 Å². The van der Waals surface area contributed by atoms with Gasteiger partial charge in [0.2, 0.25) is 0 Å². The predicted molar refractivity (Wildman–Crippen MR) is 137 cm³/mol. The SMILES string of the molecule is O=C(NC(=S)Nc1ccc2nn(-c3ccccc3)nc2c1)c1ccc(N2CCCC2)c([N+](=O)[O-])c1. The molecule has 1 fully saturated rings. The van der Waals surface area contributed by atoms with E-state index in [1.165, 1.54) is 6.07 Å². The molecule has 1 aromatic heterocycles. The number of fused-ring (bicyclic) bond motifs is 1. The summed E-state index contributed by atoms with van der Waals surface area (Å²) in [5.74, 6) is -0.533. The number of nitrogens with one attached hydrogen (secondary N) is 2. The summed E-state index contributed by atoms with van der Waals surface area (Å²) in [5.41, 5.74) is 3.42. The summed E-state index contributed by atoms with van der Waals surface area (Å²) < 4.78 is 0. The maximum Gasteiger partial charge on any atom is 0.293 e. The van der Waals surface area contributed by atoms with Gasteiger partial charge in [0, 0.05) is 30.4 Å². The molecule has 35 heavy (non-hydrogen) atoms. The van der Waals surface area contributed by atoms with Gasteiger partial charge in [-0.25, -0.2) is 0 Å². The summed E-state index contributed by atoms with van der Waals surface area (Å²) in [6.07, 6.45) is 1.99. The van der Waals surface area contributed by atoms with Gasteiger partial charge in [-0.05, 0) is 67.5 Å². The Labute approximate surface area is 205 Å². The molecule has 2 N–H and O–H groups in total. The van der Waals surface area contributed by atoms with Crippen molar-refractivity contribution in [1.29, 1.82) is 0 Å². The van der Waals surface area contributed by atoms with Gasteiger partial charge in [0.25, 0.3) is 11.6 Å². The summed E-state index contributed by atoms with van der Waals surface area (Å²) in [7, 11) is 0. The van der Waals surface area contributed by atoms with Crippen molar-refractivity contribution < 1.29 is 9.72 Å². The van der Waals surface area contributed by atoms with E-state index >= 15 is 0 Å². The molecule has 1 aliphatic heterocycles. The van der Waals surface area contributed by atoms with Crippen molar-refractivity contribution in [2.75, 3.05) is 23.3 Å². The van der Waals surface area contributed by atoms with Crippen LogP contribution in [0.1, 0.15) is 23.2 Å². The molecule has 2 heterocycles. The number of nitro groups is 1. The van der Waals surface area contributed by atoms with Crippen molar-refractivity contribution in [3.8, 4) is 5.69 Å². The van der Waals surface area contributed by atoms with Gasteiger partial charge in [0.15, 0.2) is 5.11 Å². The van der Waals surface area contributed by atoms with Crippen LogP contribution in [0.3, 0.4) is 0 Å². The lowest BCUT2D eigenvalue weighted by molar-refractivity contribution is -0.384. The van der Waals surface area contributed by atoms with E-state index in [1.807, 2.05) is 35.2 Å². The van der Waals surface area contributed by atoms with Gasteiger partial charge in [0.05, 0.1) is 10.6 Å². The molecule has 1 amide bonds. The smallest absolute Gasteiger partial charge is 0.293 e. The largest absolute Gasteiger partial charge is 0.366 e. The minimum absolute atomic E-state index is 0.0658. The number of thiocarbonyl (C=S) groups is 1. The fourth-order valence-electron chi connectivity index (χ4n) is 4.04. The van der Waals surface area contributed by atoms with Crippen molar-refractivity contribution in [2.24, 2.45) is 0 Å². The first kappa shape index (κ1) is 22.4. The third-order valence-electron chi connectivity index (χ3n) is 5.73. The van der Waals surface area contributed by atoms with Gasteiger partial charge in [-0.15, -0.1) is 10.2 Å². The molecule has 11 heteroatoms. The highest BCUT2D eigenvalue weighted by atomic mass is 32.1. The van der Waals surface area contributed by atoms with Crippen LogP contribution < -0.4 is 15.5 Å². The van der Waals surface area contributed by atoms with Crippen molar-refractivity contribution in [1.82, 2.24) is 20.3 Å². The number of benzene rings is 3. The molecule has 3 aromatic carbocycles. The number of nitro benzene ring substituents is 1. The maximum absolute atomic E-state index is 12.7. The lowest BCUT2D eigenvalue weighted by Gasteiger charge is -2.18. The van der Waals surface area contributed by atoms with Gasteiger partial charge >= 0.3 is 0 Å². The molecule has 0 radical (unpaired) electrons. The van der Waals surface area contributed by atoms with E-state index in [0.29, 0.717) is 22.4 Å². The molecule has 0 bridgehead atoms. The van der Waals surface area contributed by atoms with Crippen molar-refractivity contribution in [3.05, 3.63) is 82.4 Å². The second-order valence-electron chi connectivity index (χ2n) is 8.09. The molecule has 10 nitrogen and oxygen atoms in total. The van der Waals surface area contributed by atoms with Gasteiger partial charge in [-0.3, -0.25) is 20.2 Å². The minimum atomic E-state index is -0.533. The van der Waals surface area contributed by atoms with Crippen LogP contribution in [0.15, 0.2) is 66.7 Å². The van der Waals surface area contributed by atoms with E-state index in [0.717, 1.165) is 31.6 Å². The average Bonchev–Trinajstić information content (AvgIpc) is 3.54. The molecule has 4 aromatic rings. The average molecular weight is 488 g/mol. The summed E-state index contributed by atoms with van der Waals surface area (Å²) in [5, 5.41) is 26.2. The Morgan fingerprint density at radius 3 is 2.46 bits per heavy atom. The van der Waals surface area contributed by atoms with Gasteiger partial charge < -0.3 is 10.2 Å². The fraction of sp³-hybridized carbons (Fsp3) is 0.167. The lowest BCUT2D eigenvalue weighted by Crippen LogP contribution is -2.34. The molecule has 1 saturated heterocycles. The van der Waals surface area contributed by atoms with Crippen LogP contribution in [-0.2, 0) is 0 Å². The second kappa shape index (κ2) is 9.47. The number of anilines is 2. The topological polar surface area (TPSA) is 118 Å². The molecule has 0 aliphatic carbocycles. The number of carbonyl (C=O) groups excluding carboxylic acids is 1. The van der Waals surface area contributed by atoms with E-state index in [9.17, 15) is 14.9 Å². The molecule has 176 valence electrons. The normalized spacial score (nSPS) is 13.1. The minimum Gasteiger partial charge on any atom is -0.366 e. The first-order valence-electron chi connectivity index (χ1n) is 11.1. The number of nitrogens with zero attached hydrogens (tertiary/aromatic N) is 5. The van der Waals surface area contributed by atoms with Crippen LogP contribution in [0.2, 0.25) is 0 Å². The monoisotopic (exact) mass is 487 g/mol. The number of para-hydroxylation sites is 1. The third kappa shape index (κ3) is 4.80. The quantitative estimate of drug-likeness (QED) is 0.246. The first-order valence-corrected chi connectivity index (χ1v) is 11.5. The van der Waals surface area contributed by atoms with Crippen LogP contribution in [0, 0.1) is 10.1 Å². The Bertz CT molecular complexity index is 1430. The summed E-state index contributed by atoms with van der Waals surface area (Å²) in [4.78, 5) is 27.4. The number of aromatic nitrogens is 3. The van der Waals surface area contributed by atoms with E-state index in [-0.39, 0.29) is 16.4 Å². The number of carbonyl (C=O) groups is 1. The van der Waals surface area contributed by atoms with Crippen LogP contribution >= 0.6 is 12.2 Å².